The number of benzene rings is 1. The molecular weight excluding hydrogens is 244 g/mol. The highest BCUT2D eigenvalue weighted by molar-refractivity contribution is 5.78. The molecule has 0 radical (unpaired) electrons. The first kappa shape index (κ1) is 13.7. The minimum atomic E-state index is -0.0396. The fourth-order valence-corrected chi connectivity index (χ4v) is 1.96. The molecule has 1 aliphatic heterocycles. The maximum absolute atomic E-state index is 11.8. The van der Waals surface area contributed by atoms with Gasteiger partial charge in [0.25, 0.3) is 0 Å². The van der Waals surface area contributed by atoms with E-state index in [1.54, 1.807) is 0 Å². The van der Waals surface area contributed by atoms with E-state index >= 15 is 0 Å². The minimum Gasteiger partial charge on any atom is -0.486 e. The van der Waals surface area contributed by atoms with Crippen LogP contribution in [-0.4, -0.2) is 32.7 Å². The van der Waals surface area contributed by atoms with Crippen LogP contribution in [0.15, 0.2) is 18.2 Å². The van der Waals surface area contributed by atoms with Gasteiger partial charge in [-0.15, -0.1) is 0 Å². The number of carbonyl (C=O) groups is 1. The van der Waals surface area contributed by atoms with Crippen LogP contribution in [0.4, 0.5) is 0 Å². The zero-order valence-corrected chi connectivity index (χ0v) is 11.4. The molecule has 0 saturated heterocycles. The molecule has 2 N–H and O–H groups in total. The molecule has 1 heterocycles. The topological polar surface area (TPSA) is 59.6 Å². The number of rotatable bonds is 5. The van der Waals surface area contributed by atoms with Crippen molar-refractivity contribution < 1.29 is 14.3 Å². The maximum atomic E-state index is 11.8. The third-order valence-electron chi connectivity index (χ3n) is 3.03. The molecule has 19 heavy (non-hydrogen) atoms. The van der Waals surface area contributed by atoms with Gasteiger partial charge in [-0.25, -0.2) is 0 Å². The lowest BCUT2D eigenvalue weighted by Crippen LogP contribution is -2.33. The number of nitrogens with one attached hydrogen (secondary N) is 2. The van der Waals surface area contributed by atoms with Crippen molar-refractivity contribution in [3.63, 3.8) is 0 Å². The van der Waals surface area contributed by atoms with Gasteiger partial charge in [0.15, 0.2) is 11.5 Å². The van der Waals surface area contributed by atoms with Crippen LogP contribution in [0, 0.1) is 5.92 Å². The van der Waals surface area contributed by atoms with Crippen molar-refractivity contribution in [1.82, 2.24) is 10.6 Å². The number of carbonyl (C=O) groups excluding carboxylic acids is 1. The lowest BCUT2D eigenvalue weighted by Gasteiger charge is -2.19. The van der Waals surface area contributed by atoms with Crippen molar-refractivity contribution >= 4 is 5.91 Å². The van der Waals surface area contributed by atoms with Crippen LogP contribution in [0.5, 0.6) is 11.5 Å². The molecule has 1 amide bonds. The van der Waals surface area contributed by atoms with Gasteiger partial charge >= 0.3 is 0 Å². The SMILES string of the molecule is CNCC(C)C(=O)NCc1ccc2c(c1)OCCO2. The Morgan fingerprint density at radius 2 is 2.05 bits per heavy atom. The summed E-state index contributed by atoms with van der Waals surface area (Å²) >= 11 is 0. The molecule has 1 atom stereocenters. The molecule has 0 bridgehead atoms. The van der Waals surface area contributed by atoms with Crippen LogP contribution >= 0.6 is 0 Å². The smallest absolute Gasteiger partial charge is 0.224 e. The quantitative estimate of drug-likeness (QED) is 0.830. The van der Waals surface area contributed by atoms with Gasteiger partial charge in [0, 0.05) is 19.0 Å². The summed E-state index contributed by atoms with van der Waals surface area (Å²) in [4.78, 5) is 11.8. The molecule has 5 heteroatoms. The molecule has 0 saturated carbocycles. The van der Waals surface area contributed by atoms with Crippen LogP contribution in [0.25, 0.3) is 0 Å². The van der Waals surface area contributed by atoms with E-state index in [0.29, 0.717) is 26.3 Å². The average molecular weight is 264 g/mol. The molecule has 0 aromatic heterocycles. The molecule has 2 rings (SSSR count). The van der Waals surface area contributed by atoms with E-state index < -0.39 is 0 Å². The fourth-order valence-electron chi connectivity index (χ4n) is 1.96. The Bertz CT molecular complexity index is 448. The Kier molecular flexibility index (Phi) is 4.63. The van der Waals surface area contributed by atoms with E-state index in [1.165, 1.54) is 0 Å². The second-order valence-electron chi connectivity index (χ2n) is 4.65. The first-order valence-corrected chi connectivity index (χ1v) is 6.51. The van der Waals surface area contributed by atoms with E-state index in [2.05, 4.69) is 10.6 Å². The second kappa shape index (κ2) is 6.43. The standard InChI is InChI=1S/C14H20N2O3/c1-10(8-15-2)14(17)16-9-11-3-4-12-13(7-11)19-6-5-18-12/h3-4,7,10,15H,5-6,8-9H2,1-2H3,(H,16,17). The summed E-state index contributed by atoms with van der Waals surface area (Å²) in [6.45, 7) is 4.23. The maximum Gasteiger partial charge on any atom is 0.224 e. The summed E-state index contributed by atoms with van der Waals surface area (Å²) in [6, 6.07) is 5.74. The lowest BCUT2D eigenvalue weighted by molar-refractivity contribution is -0.124. The molecule has 1 aromatic carbocycles. The van der Waals surface area contributed by atoms with Crippen LogP contribution in [0.1, 0.15) is 12.5 Å². The molecular formula is C14H20N2O3. The second-order valence-corrected chi connectivity index (χ2v) is 4.65. The first-order chi connectivity index (χ1) is 9.20. The van der Waals surface area contributed by atoms with Crippen molar-refractivity contribution in [2.45, 2.75) is 13.5 Å². The van der Waals surface area contributed by atoms with E-state index in [4.69, 9.17) is 9.47 Å². The summed E-state index contributed by atoms with van der Waals surface area (Å²) < 4.78 is 11.0. The molecule has 1 unspecified atom stereocenters. The molecule has 0 spiro atoms. The average Bonchev–Trinajstić information content (AvgIpc) is 2.44. The van der Waals surface area contributed by atoms with Gasteiger partial charge in [-0.1, -0.05) is 13.0 Å². The van der Waals surface area contributed by atoms with E-state index in [0.717, 1.165) is 17.1 Å². The number of fused-ring (bicyclic) bond motifs is 1. The Hall–Kier alpha value is -1.75. The minimum absolute atomic E-state index is 0.0396. The lowest BCUT2D eigenvalue weighted by atomic mass is 10.1. The highest BCUT2D eigenvalue weighted by Crippen LogP contribution is 2.30. The van der Waals surface area contributed by atoms with Gasteiger partial charge < -0.3 is 20.1 Å². The Morgan fingerprint density at radius 3 is 2.79 bits per heavy atom. The Balaban J connectivity index is 1.91. The molecule has 5 nitrogen and oxygen atoms in total. The largest absolute Gasteiger partial charge is 0.486 e. The molecule has 1 aromatic rings. The zero-order valence-electron chi connectivity index (χ0n) is 11.4. The molecule has 1 aliphatic rings. The first-order valence-electron chi connectivity index (χ1n) is 6.51. The highest BCUT2D eigenvalue weighted by Gasteiger charge is 2.14. The summed E-state index contributed by atoms with van der Waals surface area (Å²) in [7, 11) is 1.84. The highest BCUT2D eigenvalue weighted by atomic mass is 16.6. The predicted molar refractivity (Wildman–Crippen MR) is 72.4 cm³/mol. The van der Waals surface area contributed by atoms with Crippen molar-refractivity contribution in [2.75, 3.05) is 26.8 Å². The number of hydrogen-bond acceptors (Lipinski definition) is 4. The predicted octanol–water partition coefficient (Wildman–Crippen LogP) is 0.929. The summed E-state index contributed by atoms with van der Waals surface area (Å²) in [5.41, 5.74) is 1.01. The third kappa shape index (κ3) is 3.61. The normalized spacial score (nSPS) is 14.8. The van der Waals surface area contributed by atoms with Crippen molar-refractivity contribution in [3.8, 4) is 11.5 Å². The summed E-state index contributed by atoms with van der Waals surface area (Å²) in [5, 5.41) is 5.91. The Morgan fingerprint density at radius 1 is 1.32 bits per heavy atom. The van der Waals surface area contributed by atoms with E-state index in [1.807, 2.05) is 32.2 Å². The van der Waals surface area contributed by atoms with Crippen LogP contribution in [-0.2, 0) is 11.3 Å². The Labute approximate surface area is 113 Å². The molecule has 104 valence electrons. The van der Waals surface area contributed by atoms with Gasteiger partial charge in [-0.05, 0) is 24.7 Å². The third-order valence-corrected chi connectivity index (χ3v) is 3.03. The number of hydrogen-bond donors (Lipinski definition) is 2. The van der Waals surface area contributed by atoms with Gasteiger partial charge in [0.05, 0.1) is 0 Å². The van der Waals surface area contributed by atoms with Crippen LogP contribution in [0.3, 0.4) is 0 Å². The van der Waals surface area contributed by atoms with Crippen molar-refractivity contribution in [2.24, 2.45) is 5.92 Å². The van der Waals surface area contributed by atoms with E-state index in [9.17, 15) is 4.79 Å². The van der Waals surface area contributed by atoms with Crippen LogP contribution in [0.2, 0.25) is 0 Å². The van der Waals surface area contributed by atoms with E-state index in [-0.39, 0.29) is 11.8 Å². The summed E-state index contributed by atoms with van der Waals surface area (Å²) in [6.07, 6.45) is 0. The van der Waals surface area contributed by atoms with Crippen LogP contribution < -0.4 is 20.1 Å². The van der Waals surface area contributed by atoms with Gasteiger partial charge in [0.1, 0.15) is 13.2 Å². The summed E-state index contributed by atoms with van der Waals surface area (Å²) in [5.74, 6) is 1.53. The number of ether oxygens (including phenoxy) is 2. The van der Waals surface area contributed by atoms with Gasteiger partial charge in [-0.2, -0.15) is 0 Å². The van der Waals surface area contributed by atoms with Crippen molar-refractivity contribution in [3.05, 3.63) is 23.8 Å². The van der Waals surface area contributed by atoms with Gasteiger partial charge in [-0.3, -0.25) is 4.79 Å². The fraction of sp³-hybridized carbons (Fsp3) is 0.500. The molecule has 0 fully saturated rings. The monoisotopic (exact) mass is 264 g/mol. The van der Waals surface area contributed by atoms with Crippen molar-refractivity contribution in [1.29, 1.82) is 0 Å². The number of amides is 1. The zero-order chi connectivity index (χ0) is 13.7. The molecule has 0 aliphatic carbocycles. The van der Waals surface area contributed by atoms with Gasteiger partial charge in [0.2, 0.25) is 5.91 Å².